The largest absolute Gasteiger partial charge is 0.573 e. The molecule has 8 heteroatoms. The molecule has 0 aliphatic rings. The molecule has 1 aromatic rings. The summed E-state index contributed by atoms with van der Waals surface area (Å²) in [6.45, 7) is 0. The Labute approximate surface area is 88.2 Å². The molecule has 0 unspecified atom stereocenters. The average molecular weight is 323 g/mol. The fourth-order valence-corrected chi connectivity index (χ4v) is 1.07. The number of hydrogen-bond donors (Lipinski definition) is 1. The van der Waals surface area contributed by atoms with E-state index in [1.807, 2.05) is 4.98 Å². The highest BCUT2D eigenvalue weighted by molar-refractivity contribution is 14.1. The lowest BCUT2D eigenvalue weighted by Crippen LogP contribution is -2.24. The van der Waals surface area contributed by atoms with E-state index in [9.17, 15) is 22.4 Å². The number of alkyl halides is 3. The molecule has 0 amide bonds. The molecule has 0 radical (unpaired) electrons. The van der Waals surface area contributed by atoms with Gasteiger partial charge in [-0.3, -0.25) is 4.79 Å². The Kier molecular flexibility index (Phi) is 3.02. The number of rotatable bonds is 1. The van der Waals surface area contributed by atoms with Crippen LogP contribution in [0.5, 0.6) is 5.75 Å². The summed E-state index contributed by atoms with van der Waals surface area (Å²) in [6, 6.07) is 0. The fourth-order valence-electron chi connectivity index (χ4n) is 0.673. The van der Waals surface area contributed by atoms with E-state index in [-0.39, 0.29) is 3.57 Å². The van der Waals surface area contributed by atoms with Gasteiger partial charge in [0.1, 0.15) is 0 Å². The minimum Gasteiger partial charge on any atom is -0.397 e. The van der Waals surface area contributed by atoms with E-state index in [1.165, 1.54) is 22.6 Å². The Morgan fingerprint density at radius 3 is 2.50 bits per heavy atom. The SMILES string of the molecule is O=c1[nH]cc(I)c(F)c1OC(F)(F)F. The maximum atomic E-state index is 12.9. The van der Waals surface area contributed by atoms with Crippen molar-refractivity contribution >= 4 is 22.6 Å². The quantitative estimate of drug-likeness (QED) is 0.635. The van der Waals surface area contributed by atoms with Gasteiger partial charge in [-0.15, -0.1) is 13.2 Å². The van der Waals surface area contributed by atoms with Gasteiger partial charge >= 0.3 is 6.36 Å². The van der Waals surface area contributed by atoms with Gasteiger partial charge in [-0.1, -0.05) is 0 Å². The normalized spacial score (nSPS) is 11.5. The first-order valence-corrected chi connectivity index (χ1v) is 4.21. The standard InChI is InChI=1S/C6H2F4INO2/c7-3-2(11)1-12-5(13)4(3)14-6(8,9)10/h1H,(H,12,13). The highest BCUT2D eigenvalue weighted by Crippen LogP contribution is 2.23. The van der Waals surface area contributed by atoms with Crippen LogP contribution < -0.4 is 10.3 Å². The second kappa shape index (κ2) is 3.75. The lowest BCUT2D eigenvalue weighted by molar-refractivity contribution is -0.276. The van der Waals surface area contributed by atoms with Crippen molar-refractivity contribution in [3.8, 4) is 5.75 Å². The summed E-state index contributed by atoms with van der Waals surface area (Å²) in [7, 11) is 0. The Bertz CT molecular complexity index is 400. The fraction of sp³-hybridized carbons (Fsp3) is 0.167. The third kappa shape index (κ3) is 2.59. The molecule has 1 rings (SSSR count). The number of nitrogens with one attached hydrogen (secondary N) is 1. The predicted octanol–water partition coefficient (Wildman–Crippen LogP) is 2.02. The maximum Gasteiger partial charge on any atom is 0.573 e. The Morgan fingerprint density at radius 1 is 1.43 bits per heavy atom. The third-order valence-corrected chi connectivity index (χ3v) is 1.95. The molecule has 0 bridgehead atoms. The van der Waals surface area contributed by atoms with Crippen molar-refractivity contribution in [3.63, 3.8) is 0 Å². The van der Waals surface area contributed by atoms with E-state index in [0.29, 0.717) is 0 Å². The van der Waals surface area contributed by atoms with Gasteiger partial charge in [0.25, 0.3) is 5.56 Å². The Balaban J connectivity index is 3.20. The van der Waals surface area contributed by atoms with Crippen molar-refractivity contribution in [1.82, 2.24) is 4.98 Å². The van der Waals surface area contributed by atoms with E-state index < -0.39 is 23.5 Å². The van der Waals surface area contributed by atoms with Crippen molar-refractivity contribution in [2.24, 2.45) is 0 Å². The first-order chi connectivity index (χ1) is 6.31. The number of ether oxygens (including phenoxy) is 1. The topological polar surface area (TPSA) is 42.1 Å². The summed E-state index contributed by atoms with van der Waals surface area (Å²) in [5.74, 6) is -2.70. The van der Waals surface area contributed by atoms with Crippen LogP contribution in [0.1, 0.15) is 0 Å². The van der Waals surface area contributed by atoms with Gasteiger partial charge < -0.3 is 9.72 Å². The van der Waals surface area contributed by atoms with Crippen LogP contribution in [0.2, 0.25) is 0 Å². The highest BCUT2D eigenvalue weighted by atomic mass is 127. The minimum atomic E-state index is -5.09. The molecular formula is C6H2F4INO2. The molecule has 0 spiro atoms. The van der Waals surface area contributed by atoms with E-state index in [1.54, 1.807) is 0 Å². The van der Waals surface area contributed by atoms with Crippen LogP contribution in [-0.2, 0) is 0 Å². The molecule has 3 nitrogen and oxygen atoms in total. The molecule has 0 saturated heterocycles. The predicted molar refractivity (Wildman–Crippen MR) is 46.4 cm³/mol. The minimum absolute atomic E-state index is 0.165. The first-order valence-electron chi connectivity index (χ1n) is 3.13. The number of H-pyrrole nitrogens is 1. The number of hydrogen-bond acceptors (Lipinski definition) is 2. The molecule has 14 heavy (non-hydrogen) atoms. The zero-order valence-corrected chi connectivity index (χ0v) is 8.44. The van der Waals surface area contributed by atoms with Crippen LogP contribution in [0.4, 0.5) is 17.6 Å². The molecule has 1 N–H and O–H groups in total. The van der Waals surface area contributed by atoms with Gasteiger partial charge in [0, 0.05) is 6.20 Å². The first kappa shape index (κ1) is 11.3. The Morgan fingerprint density at radius 2 is 2.00 bits per heavy atom. The van der Waals surface area contributed by atoms with Crippen LogP contribution >= 0.6 is 22.6 Å². The third-order valence-electron chi connectivity index (χ3n) is 1.16. The van der Waals surface area contributed by atoms with Crippen molar-refractivity contribution in [2.45, 2.75) is 6.36 Å². The number of aromatic nitrogens is 1. The molecular weight excluding hydrogens is 321 g/mol. The summed E-state index contributed by atoms with van der Waals surface area (Å²) < 4.78 is 51.1. The smallest absolute Gasteiger partial charge is 0.397 e. The van der Waals surface area contributed by atoms with Crippen molar-refractivity contribution in [2.75, 3.05) is 0 Å². The second-order valence-corrected chi connectivity index (χ2v) is 3.32. The maximum absolute atomic E-state index is 12.9. The van der Waals surface area contributed by atoms with Crippen molar-refractivity contribution in [1.29, 1.82) is 0 Å². The lowest BCUT2D eigenvalue weighted by atomic mass is 10.4. The lowest BCUT2D eigenvalue weighted by Gasteiger charge is -2.08. The summed E-state index contributed by atoms with van der Waals surface area (Å²) in [6.07, 6.45) is -4.14. The van der Waals surface area contributed by atoms with Crippen LogP contribution in [0.3, 0.4) is 0 Å². The van der Waals surface area contributed by atoms with E-state index in [2.05, 4.69) is 4.74 Å². The molecule has 0 aliphatic carbocycles. The van der Waals surface area contributed by atoms with Gasteiger partial charge in [0.15, 0.2) is 5.82 Å². The number of aromatic amines is 1. The van der Waals surface area contributed by atoms with Crippen molar-refractivity contribution in [3.05, 3.63) is 25.9 Å². The van der Waals surface area contributed by atoms with Gasteiger partial charge in [-0.2, -0.15) is 0 Å². The average Bonchev–Trinajstić information content (AvgIpc) is 2.04. The van der Waals surface area contributed by atoms with Crippen LogP contribution in [0.25, 0.3) is 0 Å². The number of pyridine rings is 1. The van der Waals surface area contributed by atoms with Crippen molar-refractivity contribution < 1.29 is 22.3 Å². The van der Waals surface area contributed by atoms with Crippen LogP contribution in [-0.4, -0.2) is 11.3 Å². The molecule has 78 valence electrons. The molecule has 0 aromatic carbocycles. The van der Waals surface area contributed by atoms with Crippen LogP contribution in [0, 0.1) is 9.39 Å². The molecule has 0 aliphatic heterocycles. The zero-order chi connectivity index (χ0) is 10.9. The zero-order valence-electron chi connectivity index (χ0n) is 6.28. The summed E-state index contributed by atoms with van der Waals surface area (Å²) >= 11 is 1.43. The summed E-state index contributed by atoms with van der Waals surface area (Å²) in [5.41, 5.74) is -1.26. The molecule has 1 aromatic heterocycles. The van der Waals surface area contributed by atoms with Gasteiger partial charge in [0.05, 0.1) is 3.57 Å². The number of halogens is 5. The van der Waals surface area contributed by atoms with E-state index in [0.717, 1.165) is 6.20 Å². The van der Waals surface area contributed by atoms with Gasteiger partial charge in [-0.25, -0.2) is 4.39 Å². The second-order valence-electron chi connectivity index (χ2n) is 2.16. The summed E-state index contributed by atoms with van der Waals surface area (Å²) in [4.78, 5) is 12.6. The summed E-state index contributed by atoms with van der Waals surface area (Å²) in [5, 5.41) is 0. The van der Waals surface area contributed by atoms with Gasteiger partial charge in [-0.05, 0) is 22.6 Å². The highest BCUT2D eigenvalue weighted by Gasteiger charge is 2.34. The van der Waals surface area contributed by atoms with Crippen LogP contribution in [0.15, 0.2) is 11.0 Å². The molecule has 0 atom stereocenters. The molecule has 1 heterocycles. The molecule has 0 saturated carbocycles. The monoisotopic (exact) mass is 323 g/mol. The molecule has 0 fully saturated rings. The van der Waals surface area contributed by atoms with E-state index >= 15 is 0 Å². The van der Waals surface area contributed by atoms with E-state index in [4.69, 9.17) is 0 Å². The Hall–Kier alpha value is -0.800. The van der Waals surface area contributed by atoms with Gasteiger partial charge in [0.2, 0.25) is 5.75 Å².